The van der Waals surface area contributed by atoms with E-state index in [1.165, 1.54) is 5.56 Å². The zero-order chi connectivity index (χ0) is 22.7. The minimum absolute atomic E-state index is 0.0916. The molecule has 1 N–H and O–H groups in total. The Morgan fingerprint density at radius 2 is 1.75 bits per heavy atom. The van der Waals surface area contributed by atoms with E-state index in [4.69, 9.17) is 11.6 Å². The number of ketones is 1. The Hall–Kier alpha value is -3.44. The van der Waals surface area contributed by atoms with Crippen LogP contribution in [0.2, 0.25) is 5.02 Å². The van der Waals surface area contributed by atoms with Crippen molar-refractivity contribution in [3.8, 4) is 0 Å². The number of aryl methyl sites for hydroxylation is 1. The fourth-order valence-electron chi connectivity index (χ4n) is 3.84. The average molecular weight is 447 g/mol. The van der Waals surface area contributed by atoms with E-state index < -0.39 is 5.92 Å². The lowest BCUT2D eigenvalue weighted by Gasteiger charge is -2.17. The third kappa shape index (κ3) is 4.58. The van der Waals surface area contributed by atoms with Crippen LogP contribution in [0.4, 0.5) is 11.4 Å². The van der Waals surface area contributed by atoms with Crippen molar-refractivity contribution in [1.29, 1.82) is 0 Å². The normalized spacial score (nSPS) is 15.6. The lowest BCUT2D eigenvalue weighted by Crippen LogP contribution is -2.28. The van der Waals surface area contributed by atoms with E-state index in [1.54, 1.807) is 47.4 Å². The van der Waals surface area contributed by atoms with Gasteiger partial charge in [-0.05, 0) is 42.3 Å². The van der Waals surface area contributed by atoms with Crippen molar-refractivity contribution in [3.63, 3.8) is 0 Å². The van der Waals surface area contributed by atoms with Gasteiger partial charge in [-0.15, -0.1) is 0 Å². The molecule has 1 saturated heterocycles. The Balaban J connectivity index is 1.52. The van der Waals surface area contributed by atoms with Crippen LogP contribution >= 0.6 is 11.6 Å². The minimum Gasteiger partial charge on any atom is -0.325 e. The fourth-order valence-corrected chi connectivity index (χ4v) is 4.01. The molecule has 0 bridgehead atoms. The van der Waals surface area contributed by atoms with Gasteiger partial charge in [-0.1, -0.05) is 61.0 Å². The summed E-state index contributed by atoms with van der Waals surface area (Å²) in [6, 6.07) is 21.4. The number of halogens is 1. The van der Waals surface area contributed by atoms with Crippen LogP contribution in [0.3, 0.4) is 0 Å². The van der Waals surface area contributed by atoms with Gasteiger partial charge < -0.3 is 10.2 Å². The second-order valence-electron chi connectivity index (χ2n) is 7.80. The van der Waals surface area contributed by atoms with Crippen molar-refractivity contribution in [2.75, 3.05) is 16.8 Å². The first-order valence-electron chi connectivity index (χ1n) is 10.6. The molecule has 1 fully saturated rings. The molecular formula is C26H23ClN2O3. The van der Waals surface area contributed by atoms with Crippen molar-refractivity contribution in [1.82, 2.24) is 0 Å². The van der Waals surface area contributed by atoms with Crippen LogP contribution in [-0.4, -0.2) is 24.1 Å². The van der Waals surface area contributed by atoms with E-state index >= 15 is 0 Å². The Bertz CT molecular complexity index is 1160. The molecule has 1 aliphatic rings. The van der Waals surface area contributed by atoms with E-state index in [1.807, 2.05) is 30.3 Å². The molecule has 1 aliphatic heterocycles. The summed E-state index contributed by atoms with van der Waals surface area (Å²) < 4.78 is 0. The maximum Gasteiger partial charge on any atom is 0.229 e. The van der Waals surface area contributed by atoms with Crippen LogP contribution in [0.15, 0.2) is 72.8 Å². The number of amides is 2. The highest BCUT2D eigenvalue weighted by Crippen LogP contribution is 2.28. The van der Waals surface area contributed by atoms with Gasteiger partial charge in [0.15, 0.2) is 5.78 Å². The van der Waals surface area contributed by atoms with Crippen LogP contribution in [0.25, 0.3) is 0 Å². The summed E-state index contributed by atoms with van der Waals surface area (Å²) in [4.78, 5) is 40.2. The van der Waals surface area contributed by atoms with Gasteiger partial charge >= 0.3 is 0 Å². The predicted octanol–water partition coefficient (Wildman–Crippen LogP) is 5.13. The summed E-state index contributed by atoms with van der Waals surface area (Å²) >= 11 is 6.12. The Morgan fingerprint density at radius 1 is 1.03 bits per heavy atom. The van der Waals surface area contributed by atoms with Crippen LogP contribution in [-0.2, 0) is 16.0 Å². The van der Waals surface area contributed by atoms with Crippen molar-refractivity contribution in [3.05, 3.63) is 94.5 Å². The average Bonchev–Trinajstić information content (AvgIpc) is 3.22. The van der Waals surface area contributed by atoms with E-state index in [0.717, 1.165) is 12.1 Å². The number of benzene rings is 3. The van der Waals surface area contributed by atoms with Gasteiger partial charge in [0.2, 0.25) is 11.8 Å². The van der Waals surface area contributed by atoms with Gasteiger partial charge in [-0.25, -0.2) is 0 Å². The van der Waals surface area contributed by atoms with Gasteiger partial charge in [0.25, 0.3) is 0 Å². The van der Waals surface area contributed by atoms with Gasteiger partial charge in [-0.3, -0.25) is 14.4 Å². The molecule has 0 spiro atoms. The fraction of sp³-hybridized carbons (Fsp3) is 0.192. The quantitative estimate of drug-likeness (QED) is 0.534. The second-order valence-corrected chi connectivity index (χ2v) is 8.24. The highest BCUT2D eigenvalue weighted by atomic mass is 35.5. The van der Waals surface area contributed by atoms with Crippen molar-refractivity contribution in [2.24, 2.45) is 5.92 Å². The van der Waals surface area contributed by atoms with Gasteiger partial charge in [-0.2, -0.15) is 0 Å². The number of nitrogens with one attached hydrogen (secondary N) is 1. The van der Waals surface area contributed by atoms with Crippen LogP contribution in [0.1, 0.15) is 34.8 Å². The summed E-state index contributed by atoms with van der Waals surface area (Å²) in [5.74, 6) is -1.13. The van der Waals surface area contributed by atoms with E-state index in [9.17, 15) is 14.4 Å². The summed E-state index contributed by atoms with van der Waals surface area (Å²) in [7, 11) is 0. The minimum atomic E-state index is -0.510. The first-order valence-corrected chi connectivity index (χ1v) is 10.9. The predicted molar refractivity (Wildman–Crippen MR) is 126 cm³/mol. The maximum atomic E-state index is 13.0. The smallest absolute Gasteiger partial charge is 0.229 e. The highest BCUT2D eigenvalue weighted by Gasteiger charge is 2.35. The molecule has 3 aromatic carbocycles. The van der Waals surface area contributed by atoms with E-state index in [0.29, 0.717) is 28.4 Å². The Morgan fingerprint density at radius 3 is 2.44 bits per heavy atom. The number of hydrogen-bond donors (Lipinski definition) is 1. The number of nitrogens with zero attached hydrogens (tertiary/aromatic N) is 1. The summed E-state index contributed by atoms with van der Waals surface area (Å²) in [6.07, 6.45) is 1.04. The lowest BCUT2D eigenvalue weighted by molar-refractivity contribution is -0.122. The molecule has 162 valence electrons. The summed E-state index contributed by atoms with van der Waals surface area (Å²) in [5.41, 5.74) is 3.17. The molecule has 4 rings (SSSR count). The Kier molecular flexibility index (Phi) is 6.37. The monoisotopic (exact) mass is 446 g/mol. The van der Waals surface area contributed by atoms with Crippen LogP contribution in [0, 0.1) is 5.92 Å². The standard InChI is InChI=1S/C26H23ClN2O3/c1-2-17-8-11-21(12-9-17)29-16-19(14-24(29)30)26(32)28-23-13-10-20(27)15-22(23)25(31)18-6-4-3-5-7-18/h3-13,15,19H,2,14,16H2,1H3,(H,28,32). The molecule has 0 radical (unpaired) electrons. The zero-order valence-electron chi connectivity index (χ0n) is 17.7. The third-order valence-corrected chi connectivity index (χ3v) is 5.91. The van der Waals surface area contributed by atoms with Crippen LogP contribution < -0.4 is 10.2 Å². The van der Waals surface area contributed by atoms with Crippen molar-refractivity contribution < 1.29 is 14.4 Å². The molecule has 0 aromatic heterocycles. The molecule has 32 heavy (non-hydrogen) atoms. The first kappa shape index (κ1) is 21.8. The number of rotatable bonds is 6. The molecule has 6 heteroatoms. The SMILES string of the molecule is CCc1ccc(N2CC(C(=O)Nc3ccc(Cl)cc3C(=O)c3ccccc3)CC2=O)cc1. The van der Waals surface area contributed by atoms with Gasteiger partial charge in [0.1, 0.15) is 0 Å². The molecule has 5 nitrogen and oxygen atoms in total. The number of hydrogen-bond acceptors (Lipinski definition) is 3. The summed E-state index contributed by atoms with van der Waals surface area (Å²) in [6.45, 7) is 2.37. The molecular weight excluding hydrogens is 424 g/mol. The molecule has 1 heterocycles. The number of carbonyl (C=O) groups excluding carboxylic acids is 3. The first-order chi connectivity index (χ1) is 15.5. The largest absolute Gasteiger partial charge is 0.325 e. The molecule has 1 unspecified atom stereocenters. The number of anilines is 2. The van der Waals surface area contributed by atoms with E-state index in [2.05, 4.69) is 12.2 Å². The van der Waals surface area contributed by atoms with Crippen molar-refractivity contribution >= 4 is 40.6 Å². The highest BCUT2D eigenvalue weighted by molar-refractivity contribution is 6.31. The third-order valence-electron chi connectivity index (χ3n) is 5.67. The van der Waals surface area contributed by atoms with E-state index in [-0.39, 0.29) is 24.0 Å². The van der Waals surface area contributed by atoms with Crippen molar-refractivity contribution in [2.45, 2.75) is 19.8 Å². The Labute approximate surface area is 192 Å². The molecule has 0 aliphatic carbocycles. The molecule has 3 aromatic rings. The van der Waals surface area contributed by atoms with Gasteiger partial charge in [0, 0.05) is 34.8 Å². The topological polar surface area (TPSA) is 66.5 Å². The molecule has 1 atom stereocenters. The lowest BCUT2D eigenvalue weighted by atomic mass is 10.0. The second kappa shape index (κ2) is 9.37. The zero-order valence-corrected chi connectivity index (χ0v) is 18.4. The number of carbonyl (C=O) groups is 3. The molecule has 2 amide bonds. The van der Waals surface area contributed by atoms with Gasteiger partial charge in [0.05, 0.1) is 11.6 Å². The molecule has 0 saturated carbocycles. The summed E-state index contributed by atoms with van der Waals surface area (Å²) in [5, 5.41) is 3.25. The maximum absolute atomic E-state index is 13.0. The van der Waals surface area contributed by atoms with Crippen LogP contribution in [0.5, 0.6) is 0 Å².